The van der Waals surface area contributed by atoms with Crippen LogP contribution in [-0.2, 0) is 35.9 Å². The molecular formula is C20H33IN6O2S. The zero-order chi connectivity index (χ0) is 21.6. The summed E-state index contributed by atoms with van der Waals surface area (Å²) < 4.78 is 29.1. The molecule has 0 saturated carbocycles. The van der Waals surface area contributed by atoms with Crippen LogP contribution in [0, 0.1) is 13.8 Å². The van der Waals surface area contributed by atoms with E-state index in [1.54, 1.807) is 7.05 Å². The van der Waals surface area contributed by atoms with E-state index in [9.17, 15) is 8.42 Å². The van der Waals surface area contributed by atoms with Crippen molar-refractivity contribution < 1.29 is 8.42 Å². The molecule has 0 bridgehead atoms. The highest BCUT2D eigenvalue weighted by Gasteiger charge is 2.15. The summed E-state index contributed by atoms with van der Waals surface area (Å²) in [4.78, 5) is 4.26. The number of aromatic nitrogens is 2. The first-order chi connectivity index (χ1) is 13.6. The number of aliphatic imine (C=N–C) groups is 1. The average Bonchev–Trinajstić information content (AvgIpc) is 2.87. The van der Waals surface area contributed by atoms with Crippen LogP contribution in [0.5, 0.6) is 0 Å². The summed E-state index contributed by atoms with van der Waals surface area (Å²) in [7, 11) is 0.251. The Morgan fingerprint density at radius 2 is 1.73 bits per heavy atom. The molecule has 10 heteroatoms. The van der Waals surface area contributed by atoms with Gasteiger partial charge in [-0.1, -0.05) is 24.3 Å². The maximum atomic E-state index is 12.3. The summed E-state index contributed by atoms with van der Waals surface area (Å²) in [6.45, 7) is 8.73. The third-order valence-corrected chi connectivity index (χ3v) is 6.16. The molecule has 1 aromatic heterocycles. The number of benzene rings is 1. The van der Waals surface area contributed by atoms with Crippen LogP contribution in [0.2, 0.25) is 0 Å². The molecule has 0 fully saturated rings. The summed E-state index contributed by atoms with van der Waals surface area (Å²) in [5, 5.41) is 11.0. The van der Waals surface area contributed by atoms with E-state index < -0.39 is 10.0 Å². The van der Waals surface area contributed by atoms with Crippen molar-refractivity contribution in [3.05, 3.63) is 52.3 Å². The predicted octanol–water partition coefficient (Wildman–Crippen LogP) is 2.35. The van der Waals surface area contributed by atoms with Crippen LogP contribution in [0.1, 0.15) is 41.9 Å². The van der Waals surface area contributed by atoms with Crippen LogP contribution in [0.4, 0.5) is 0 Å². The third-order valence-electron chi connectivity index (χ3n) is 4.64. The van der Waals surface area contributed by atoms with Gasteiger partial charge < -0.3 is 10.6 Å². The van der Waals surface area contributed by atoms with E-state index in [2.05, 4.69) is 25.4 Å². The SMILES string of the molecule is CN=C(NCc1ccccc1CS(=O)(=O)NC(C)C)NCc1c(C)nn(C)c1C.I. The Morgan fingerprint density at radius 1 is 1.13 bits per heavy atom. The highest BCUT2D eigenvalue weighted by atomic mass is 127. The first-order valence-corrected chi connectivity index (χ1v) is 11.3. The molecule has 0 spiro atoms. The number of hydrogen-bond donors (Lipinski definition) is 3. The highest BCUT2D eigenvalue weighted by Crippen LogP contribution is 2.13. The first kappa shape index (κ1) is 26.4. The predicted molar refractivity (Wildman–Crippen MR) is 132 cm³/mol. The van der Waals surface area contributed by atoms with Gasteiger partial charge in [-0.2, -0.15) is 5.10 Å². The second-order valence-electron chi connectivity index (χ2n) is 7.35. The Morgan fingerprint density at radius 3 is 2.27 bits per heavy atom. The lowest BCUT2D eigenvalue weighted by Gasteiger charge is -2.15. The second kappa shape index (κ2) is 11.7. The Labute approximate surface area is 197 Å². The van der Waals surface area contributed by atoms with E-state index in [1.165, 1.54) is 0 Å². The number of halogens is 1. The maximum absolute atomic E-state index is 12.3. The molecule has 30 heavy (non-hydrogen) atoms. The van der Waals surface area contributed by atoms with Crippen molar-refractivity contribution in [3.8, 4) is 0 Å². The van der Waals surface area contributed by atoms with Gasteiger partial charge >= 0.3 is 0 Å². The van der Waals surface area contributed by atoms with E-state index in [-0.39, 0.29) is 35.8 Å². The Bertz CT molecular complexity index is 970. The van der Waals surface area contributed by atoms with E-state index in [1.807, 2.05) is 63.7 Å². The summed E-state index contributed by atoms with van der Waals surface area (Å²) in [5.74, 6) is 0.592. The molecule has 0 aliphatic heterocycles. The summed E-state index contributed by atoms with van der Waals surface area (Å²) in [6.07, 6.45) is 0. The quantitative estimate of drug-likeness (QED) is 0.267. The molecule has 0 aliphatic carbocycles. The van der Waals surface area contributed by atoms with Crippen molar-refractivity contribution in [1.29, 1.82) is 0 Å². The molecule has 0 atom stereocenters. The third kappa shape index (κ3) is 7.55. The summed E-state index contributed by atoms with van der Waals surface area (Å²) in [6, 6.07) is 7.39. The highest BCUT2D eigenvalue weighted by molar-refractivity contribution is 14.0. The summed E-state index contributed by atoms with van der Waals surface area (Å²) in [5.41, 5.74) is 4.92. The molecule has 0 radical (unpaired) electrons. The molecular weight excluding hydrogens is 515 g/mol. The van der Waals surface area contributed by atoms with E-state index >= 15 is 0 Å². The monoisotopic (exact) mass is 548 g/mol. The average molecular weight is 548 g/mol. The van der Waals surface area contributed by atoms with Gasteiger partial charge in [0.15, 0.2) is 5.96 Å². The fourth-order valence-corrected chi connectivity index (χ4v) is 4.61. The Balaban J connectivity index is 0.00000450. The Hall–Kier alpha value is -1.66. The standard InChI is InChI=1S/C20H32N6O2S.HI/c1-14(2)25-29(27,28)13-18-10-8-7-9-17(18)11-22-20(21-5)23-12-19-15(3)24-26(6)16(19)4;/h7-10,14,25H,11-13H2,1-6H3,(H2,21,22,23);1H. The fraction of sp³-hybridized carbons (Fsp3) is 0.500. The normalized spacial score (nSPS) is 12.0. The topological polar surface area (TPSA) is 100 Å². The van der Waals surface area contributed by atoms with Crippen molar-refractivity contribution >= 4 is 40.0 Å². The minimum Gasteiger partial charge on any atom is -0.352 e. The molecule has 1 aromatic carbocycles. The molecule has 0 saturated heterocycles. The number of rotatable bonds is 8. The van der Waals surface area contributed by atoms with Gasteiger partial charge in [-0.05, 0) is 38.8 Å². The van der Waals surface area contributed by atoms with Crippen molar-refractivity contribution in [2.45, 2.75) is 52.6 Å². The van der Waals surface area contributed by atoms with Crippen LogP contribution >= 0.6 is 24.0 Å². The largest absolute Gasteiger partial charge is 0.352 e. The number of nitrogens with one attached hydrogen (secondary N) is 3. The van der Waals surface area contributed by atoms with Crippen molar-refractivity contribution in [2.24, 2.45) is 12.0 Å². The second-order valence-corrected chi connectivity index (χ2v) is 9.11. The maximum Gasteiger partial charge on any atom is 0.216 e. The molecule has 0 amide bonds. The van der Waals surface area contributed by atoms with Crippen LogP contribution in [-0.4, -0.2) is 37.2 Å². The molecule has 0 aliphatic rings. The summed E-state index contributed by atoms with van der Waals surface area (Å²) >= 11 is 0. The van der Waals surface area contributed by atoms with E-state index in [4.69, 9.17) is 0 Å². The number of hydrogen-bond acceptors (Lipinski definition) is 4. The van der Waals surface area contributed by atoms with Crippen LogP contribution in [0.25, 0.3) is 0 Å². The van der Waals surface area contributed by atoms with Crippen LogP contribution in [0.3, 0.4) is 0 Å². The van der Waals surface area contributed by atoms with Gasteiger partial charge in [0.05, 0.1) is 11.4 Å². The minimum atomic E-state index is -3.39. The molecule has 8 nitrogen and oxygen atoms in total. The molecule has 2 rings (SSSR count). The van der Waals surface area contributed by atoms with Gasteiger partial charge in [0.2, 0.25) is 10.0 Å². The zero-order valence-electron chi connectivity index (χ0n) is 18.5. The molecule has 168 valence electrons. The van der Waals surface area contributed by atoms with Crippen molar-refractivity contribution in [3.63, 3.8) is 0 Å². The zero-order valence-corrected chi connectivity index (χ0v) is 21.6. The van der Waals surface area contributed by atoms with E-state index in [0.29, 0.717) is 19.0 Å². The van der Waals surface area contributed by atoms with Crippen LogP contribution in [0.15, 0.2) is 29.3 Å². The molecule has 3 N–H and O–H groups in total. The Kier molecular flexibility index (Phi) is 10.2. The van der Waals surface area contributed by atoms with Crippen LogP contribution < -0.4 is 15.4 Å². The molecule has 2 aromatic rings. The lowest BCUT2D eigenvalue weighted by atomic mass is 10.1. The van der Waals surface area contributed by atoms with Crippen molar-refractivity contribution in [1.82, 2.24) is 25.1 Å². The first-order valence-electron chi connectivity index (χ1n) is 9.63. The van der Waals surface area contributed by atoms with Gasteiger partial charge in [-0.15, -0.1) is 24.0 Å². The van der Waals surface area contributed by atoms with Gasteiger partial charge in [0.1, 0.15) is 0 Å². The minimum absolute atomic E-state index is 0. The lowest BCUT2D eigenvalue weighted by molar-refractivity contribution is 0.568. The van der Waals surface area contributed by atoms with Gasteiger partial charge in [-0.25, -0.2) is 13.1 Å². The van der Waals surface area contributed by atoms with Crippen molar-refractivity contribution in [2.75, 3.05) is 7.05 Å². The number of guanidine groups is 1. The number of nitrogens with zero attached hydrogens (tertiary/aromatic N) is 3. The smallest absolute Gasteiger partial charge is 0.216 e. The van der Waals surface area contributed by atoms with Gasteiger partial charge in [0.25, 0.3) is 0 Å². The van der Waals surface area contributed by atoms with E-state index in [0.717, 1.165) is 28.1 Å². The molecule has 1 heterocycles. The fourth-order valence-electron chi connectivity index (χ4n) is 3.12. The molecule has 0 unspecified atom stereocenters. The lowest BCUT2D eigenvalue weighted by Crippen LogP contribution is -2.37. The number of sulfonamides is 1. The van der Waals surface area contributed by atoms with Gasteiger partial charge in [0, 0.05) is 44.5 Å². The number of aryl methyl sites for hydroxylation is 2. The van der Waals surface area contributed by atoms with Gasteiger partial charge in [-0.3, -0.25) is 9.67 Å².